The Kier molecular flexibility index (Phi) is 3.86. The van der Waals surface area contributed by atoms with Gasteiger partial charge in [-0.15, -0.1) is 11.3 Å². The van der Waals surface area contributed by atoms with Gasteiger partial charge in [0.2, 0.25) is 0 Å². The first-order valence-corrected chi connectivity index (χ1v) is 9.84. The van der Waals surface area contributed by atoms with Gasteiger partial charge >= 0.3 is 0 Å². The Bertz CT molecular complexity index is 685. The lowest BCUT2D eigenvalue weighted by Crippen LogP contribution is -2.33. The fourth-order valence-electron chi connectivity index (χ4n) is 3.24. The zero-order valence-electron chi connectivity index (χ0n) is 12.1. The molecule has 2 aromatic rings. The number of nitrogens with zero attached hydrogens (tertiary/aromatic N) is 3. The zero-order valence-corrected chi connectivity index (χ0v) is 14.5. The van der Waals surface area contributed by atoms with Crippen molar-refractivity contribution >= 4 is 44.9 Å². The molecule has 0 spiro atoms. The van der Waals surface area contributed by atoms with Crippen LogP contribution in [-0.2, 0) is 12.8 Å². The monoisotopic (exact) mass is 339 g/mol. The van der Waals surface area contributed by atoms with Crippen molar-refractivity contribution in [2.45, 2.75) is 31.7 Å². The summed E-state index contributed by atoms with van der Waals surface area (Å²) < 4.78 is 0. The maximum Gasteiger partial charge on any atom is 0.149 e. The third-order valence-electron chi connectivity index (χ3n) is 4.48. The predicted octanol–water partition coefficient (Wildman–Crippen LogP) is 3.94. The number of hydrogen-bond acceptors (Lipinski definition) is 5. The molecule has 3 heterocycles. The number of thiophene rings is 1. The van der Waals surface area contributed by atoms with Crippen molar-refractivity contribution in [3.05, 3.63) is 21.4 Å². The quantitative estimate of drug-likeness (QED) is 0.736. The number of aromatic nitrogens is 2. The zero-order chi connectivity index (χ0) is 14.4. The molecule has 1 atom stereocenters. The molecule has 0 saturated carbocycles. The molecule has 2 aliphatic rings. The van der Waals surface area contributed by atoms with Gasteiger partial charge in [-0.1, -0.05) is 11.6 Å². The van der Waals surface area contributed by atoms with Crippen molar-refractivity contribution in [2.75, 3.05) is 25.1 Å². The fourth-order valence-corrected chi connectivity index (χ4v) is 6.06. The Labute approximate surface area is 138 Å². The van der Waals surface area contributed by atoms with Crippen molar-refractivity contribution in [2.24, 2.45) is 0 Å². The van der Waals surface area contributed by atoms with Crippen LogP contribution in [0.5, 0.6) is 0 Å². The molecule has 3 nitrogen and oxygen atoms in total. The van der Waals surface area contributed by atoms with E-state index >= 15 is 0 Å². The van der Waals surface area contributed by atoms with Crippen molar-refractivity contribution in [3.63, 3.8) is 0 Å². The van der Waals surface area contributed by atoms with Crippen LogP contribution >= 0.6 is 34.7 Å². The Balaban J connectivity index is 1.82. The van der Waals surface area contributed by atoms with E-state index in [9.17, 15) is 0 Å². The summed E-state index contributed by atoms with van der Waals surface area (Å²) in [5.74, 6) is 3.15. The highest BCUT2D eigenvalue weighted by Gasteiger charge is 2.26. The third-order valence-corrected chi connectivity index (χ3v) is 6.96. The minimum atomic E-state index is 0.296. The van der Waals surface area contributed by atoms with E-state index in [0.717, 1.165) is 34.8 Å². The van der Waals surface area contributed by atoms with Crippen LogP contribution in [0.25, 0.3) is 10.2 Å². The summed E-state index contributed by atoms with van der Waals surface area (Å²) in [6.07, 6.45) is 4.87. The highest BCUT2D eigenvalue weighted by atomic mass is 35.5. The maximum absolute atomic E-state index is 6.54. The van der Waals surface area contributed by atoms with Crippen LogP contribution in [0.4, 0.5) is 0 Å². The molecule has 0 amide bonds. The number of halogens is 1. The van der Waals surface area contributed by atoms with Crippen molar-refractivity contribution in [1.82, 2.24) is 14.9 Å². The maximum atomic E-state index is 6.54. The van der Waals surface area contributed by atoms with Crippen LogP contribution < -0.4 is 0 Å². The van der Waals surface area contributed by atoms with Gasteiger partial charge in [0.1, 0.15) is 15.8 Å². The van der Waals surface area contributed by atoms with Crippen LogP contribution in [0.3, 0.4) is 0 Å². The van der Waals surface area contributed by atoms with Crippen molar-refractivity contribution in [1.29, 1.82) is 0 Å². The Hall–Kier alpha value is -0.360. The standard InChI is InChI=1S/C15H18ClN3S2/c1-19-6-7-20-8-10(19)14-17-13(16)12-9-4-2-3-5-11(9)21-15(12)18-14/h10H,2-8H2,1H3. The smallest absolute Gasteiger partial charge is 0.149 e. The van der Waals surface area contributed by atoms with Gasteiger partial charge in [-0.25, -0.2) is 9.97 Å². The first kappa shape index (κ1) is 14.2. The van der Waals surface area contributed by atoms with Gasteiger partial charge in [0.05, 0.1) is 11.4 Å². The van der Waals surface area contributed by atoms with E-state index in [4.69, 9.17) is 16.6 Å². The predicted molar refractivity (Wildman–Crippen MR) is 91.8 cm³/mol. The van der Waals surface area contributed by atoms with Gasteiger partial charge in [0.25, 0.3) is 0 Å². The molecule has 0 aromatic carbocycles. The van der Waals surface area contributed by atoms with Crippen LogP contribution in [0, 0.1) is 0 Å². The molecule has 112 valence electrons. The van der Waals surface area contributed by atoms with Gasteiger partial charge in [-0.05, 0) is 38.3 Å². The van der Waals surface area contributed by atoms with E-state index in [1.54, 1.807) is 0 Å². The van der Waals surface area contributed by atoms with E-state index in [1.165, 1.54) is 35.5 Å². The van der Waals surface area contributed by atoms with Gasteiger partial charge in [-0.3, -0.25) is 4.90 Å². The summed E-state index contributed by atoms with van der Waals surface area (Å²) in [6, 6.07) is 0.296. The van der Waals surface area contributed by atoms with E-state index in [-0.39, 0.29) is 0 Å². The van der Waals surface area contributed by atoms with E-state index < -0.39 is 0 Å². The minimum absolute atomic E-state index is 0.296. The third kappa shape index (κ3) is 2.48. The Morgan fingerprint density at radius 1 is 1.24 bits per heavy atom. The van der Waals surface area contributed by atoms with Gasteiger partial charge in [-0.2, -0.15) is 11.8 Å². The van der Waals surface area contributed by atoms with E-state index in [1.807, 2.05) is 23.1 Å². The number of aryl methyl sites for hydroxylation is 2. The molecule has 1 fully saturated rings. The van der Waals surface area contributed by atoms with Crippen molar-refractivity contribution < 1.29 is 0 Å². The molecule has 1 unspecified atom stereocenters. The van der Waals surface area contributed by atoms with Crippen LogP contribution in [0.2, 0.25) is 5.15 Å². The van der Waals surface area contributed by atoms with Gasteiger partial charge in [0, 0.05) is 22.9 Å². The molecule has 4 rings (SSSR count). The van der Waals surface area contributed by atoms with E-state index in [2.05, 4.69) is 16.9 Å². The van der Waals surface area contributed by atoms with Crippen LogP contribution in [0.15, 0.2) is 0 Å². The minimum Gasteiger partial charge on any atom is -0.295 e. The first-order valence-electron chi connectivity index (χ1n) is 7.49. The lowest BCUT2D eigenvalue weighted by Gasteiger charge is -2.30. The summed E-state index contributed by atoms with van der Waals surface area (Å²) in [6.45, 7) is 1.09. The van der Waals surface area contributed by atoms with Gasteiger partial charge in [0.15, 0.2) is 0 Å². The highest BCUT2D eigenvalue weighted by molar-refractivity contribution is 7.99. The second-order valence-corrected chi connectivity index (χ2v) is 8.43. The first-order chi connectivity index (χ1) is 10.2. The fraction of sp³-hybridized carbons (Fsp3) is 0.600. The Morgan fingerprint density at radius 2 is 2.10 bits per heavy atom. The molecular weight excluding hydrogens is 322 g/mol. The molecule has 1 saturated heterocycles. The molecule has 1 aliphatic carbocycles. The normalized spacial score (nSPS) is 23.4. The highest BCUT2D eigenvalue weighted by Crippen LogP contribution is 2.39. The summed E-state index contributed by atoms with van der Waals surface area (Å²) in [7, 11) is 2.16. The lowest BCUT2D eigenvalue weighted by molar-refractivity contribution is 0.265. The summed E-state index contributed by atoms with van der Waals surface area (Å²) >= 11 is 10.3. The average molecular weight is 340 g/mol. The molecule has 2 aromatic heterocycles. The molecule has 6 heteroatoms. The number of fused-ring (bicyclic) bond motifs is 3. The molecule has 21 heavy (non-hydrogen) atoms. The van der Waals surface area contributed by atoms with Crippen LogP contribution in [-0.4, -0.2) is 40.0 Å². The summed E-state index contributed by atoms with van der Waals surface area (Å²) in [5, 5.41) is 1.80. The number of rotatable bonds is 1. The number of thioether (sulfide) groups is 1. The van der Waals surface area contributed by atoms with Gasteiger partial charge < -0.3 is 0 Å². The topological polar surface area (TPSA) is 29.0 Å². The van der Waals surface area contributed by atoms with Crippen LogP contribution in [0.1, 0.15) is 35.1 Å². The number of hydrogen-bond donors (Lipinski definition) is 0. The van der Waals surface area contributed by atoms with E-state index in [0.29, 0.717) is 11.2 Å². The second-order valence-electron chi connectivity index (χ2n) is 5.83. The molecule has 0 bridgehead atoms. The molecular formula is C15H18ClN3S2. The summed E-state index contributed by atoms with van der Waals surface area (Å²) in [4.78, 5) is 14.5. The summed E-state index contributed by atoms with van der Waals surface area (Å²) in [5.41, 5.74) is 1.42. The SMILES string of the molecule is CN1CCSCC1c1nc(Cl)c2c3c(sc2n1)CCCC3. The molecule has 0 N–H and O–H groups in total. The average Bonchev–Trinajstić information content (AvgIpc) is 2.86. The second kappa shape index (κ2) is 5.69. The van der Waals surface area contributed by atoms with Crippen molar-refractivity contribution in [3.8, 4) is 0 Å². The Morgan fingerprint density at radius 3 is 2.95 bits per heavy atom. The lowest BCUT2D eigenvalue weighted by atomic mass is 9.97. The molecule has 0 radical (unpaired) electrons. The molecule has 1 aliphatic heterocycles. The largest absolute Gasteiger partial charge is 0.295 e.